The summed E-state index contributed by atoms with van der Waals surface area (Å²) < 4.78 is 29.7. The van der Waals surface area contributed by atoms with Crippen molar-refractivity contribution in [3.05, 3.63) is 0 Å². The number of hydrogen-bond donors (Lipinski definition) is 2. The second kappa shape index (κ2) is 12.5. The van der Waals surface area contributed by atoms with Crippen LogP contribution in [0, 0.1) is 0 Å². The van der Waals surface area contributed by atoms with Gasteiger partial charge in [-0.3, -0.25) is 4.46 Å². The third-order valence-electron chi connectivity index (χ3n) is 1.43. The van der Waals surface area contributed by atoms with Gasteiger partial charge in [-0.25, -0.2) is 0 Å². The molecule has 0 radical (unpaired) electrons. The first-order valence-corrected chi connectivity index (χ1v) is 6.23. The maximum Gasteiger partial charge on any atom is 0.764 e. The molecule has 0 aromatic heterocycles. The molecule has 2 N–H and O–H groups in total. The normalized spacial score (nSPS) is 10.3. The van der Waals surface area contributed by atoms with Crippen LogP contribution < -0.4 is 0 Å². The van der Waals surface area contributed by atoms with Gasteiger partial charge in [0.2, 0.25) is 0 Å². The Kier molecular flexibility index (Phi) is 12.1. The molecule has 0 aromatic carbocycles. The van der Waals surface area contributed by atoms with Gasteiger partial charge in [-0.15, -0.1) is 0 Å². The molecule has 0 bridgehead atoms. The van der Waals surface area contributed by atoms with Gasteiger partial charge in [0, 0.05) is 0 Å². The second-order valence-electron chi connectivity index (χ2n) is 2.68. The molecule has 0 aliphatic rings. The lowest BCUT2D eigenvalue weighted by Gasteiger charge is -2.05. The molecule has 8 heteroatoms. The molecule has 0 aliphatic carbocycles. The summed E-state index contributed by atoms with van der Waals surface area (Å²) in [5.74, 6) is 0. The van der Waals surface area contributed by atoms with Crippen molar-refractivity contribution in [1.29, 1.82) is 0 Å². The smallest absolute Gasteiger partial charge is 0.511 e. The lowest BCUT2D eigenvalue weighted by molar-refractivity contribution is 0.00228. The maximum atomic E-state index is 10.1. The summed E-state index contributed by atoms with van der Waals surface area (Å²) in [5.41, 5.74) is 0. The Labute approximate surface area is 95.8 Å². The zero-order chi connectivity index (χ0) is 12.1. The van der Waals surface area contributed by atoms with E-state index in [4.69, 9.17) is 24.1 Å². The molecule has 96 valence electrons. The predicted octanol–water partition coefficient (Wildman–Crippen LogP) is -1.55. The van der Waals surface area contributed by atoms with Crippen LogP contribution in [0.25, 0.3) is 0 Å². The summed E-state index contributed by atoms with van der Waals surface area (Å²) in [7, 11) is -2.84. The predicted molar refractivity (Wildman–Crippen MR) is 54.2 cm³/mol. The van der Waals surface area contributed by atoms with E-state index < -0.39 is 9.17 Å². The fourth-order valence-corrected chi connectivity index (χ4v) is 1.05. The first-order chi connectivity index (χ1) is 7.77. The molecule has 0 saturated carbocycles. The van der Waals surface area contributed by atoms with Gasteiger partial charge < -0.3 is 28.5 Å². The standard InChI is InChI=1S/C8H18O7Si/c9-1-2-12-3-4-13-5-6-14-7-8-15-16(10)11/h9-10H,1-8H2. The molecule has 0 atom stereocenters. The lowest BCUT2D eigenvalue weighted by atomic mass is 10.7. The molecular formula is C8H18O7Si. The van der Waals surface area contributed by atoms with Crippen molar-refractivity contribution in [2.75, 3.05) is 52.9 Å². The largest absolute Gasteiger partial charge is 0.764 e. The summed E-state index contributed by atoms with van der Waals surface area (Å²) in [6.45, 7) is 2.41. The zero-order valence-corrected chi connectivity index (χ0v) is 10.1. The highest BCUT2D eigenvalue weighted by Crippen LogP contribution is 1.82. The van der Waals surface area contributed by atoms with Gasteiger partial charge in [0.15, 0.2) is 0 Å². The van der Waals surface area contributed by atoms with Crippen LogP contribution in [0.1, 0.15) is 0 Å². The van der Waals surface area contributed by atoms with Gasteiger partial charge in [0.25, 0.3) is 0 Å². The Morgan fingerprint density at radius 1 is 0.812 bits per heavy atom. The maximum absolute atomic E-state index is 10.1. The Bertz CT molecular complexity index is 166. The number of aliphatic hydroxyl groups excluding tert-OH is 1. The Morgan fingerprint density at radius 3 is 1.69 bits per heavy atom. The highest BCUT2D eigenvalue weighted by molar-refractivity contribution is 6.24. The minimum Gasteiger partial charge on any atom is -0.511 e. The van der Waals surface area contributed by atoms with Crippen LogP contribution in [0.4, 0.5) is 0 Å². The third kappa shape index (κ3) is 13.5. The van der Waals surface area contributed by atoms with Crippen molar-refractivity contribution in [2.45, 2.75) is 0 Å². The van der Waals surface area contributed by atoms with Gasteiger partial charge in [0.1, 0.15) is 0 Å². The van der Waals surface area contributed by atoms with E-state index in [1.165, 1.54) is 0 Å². The topological polar surface area (TPSA) is 94.5 Å². The van der Waals surface area contributed by atoms with Crippen molar-refractivity contribution < 1.29 is 33.0 Å². The number of ether oxygens (including phenoxy) is 3. The van der Waals surface area contributed by atoms with E-state index in [9.17, 15) is 4.46 Å². The highest BCUT2D eigenvalue weighted by atomic mass is 28.3. The van der Waals surface area contributed by atoms with Crippen LogP contribution in [0.2, 0.25) is 0 Å². The van der Waals surface area contributed by atoms with E-state index in [0.29, 0.717) is 33.0 Å². The van der Waals surface area contributed by atoms with Crippen LogP contribution in [0.5, 0.6) is 0 Å². The van der Waals surface area contributed by atoms with Crippen molar-refractivity contribution in [2.24, 2.45) is 0 Å². The summed E-state index contributed by atoms with van der Waals surface area (Å²) in [6.07, 6.45) is 0. The van der Waals surface area contributed by atoms with Gasteiger partial charge in [-0.2, -0.15) is 0 Å². The highest BCUT2D eigenvalue weighted by Gasteiger charge is 2.01. The molecule has 0 rings (SSSR count). The molecular weight excluding hydrogens is 236 g/mol. The van der Waals surface area contributed by atoms with E-state index >= 15 is 0 Å². The van der Waals surface area contributed by atoms with Crippen LogP contribution in [0.3, 0.4) is 0 Å². The van der Waals surface area contributed by atoms with Gasteiger partial charge in [-0.1, -0.05) is 0 Å². The molecule has 0 amide bonds. The molecule has 0 unspecified atom stereocenters. The molecule has 0 saturated heterocycles. The van der Waals surface area contributed by atoms with Crippen LogP contribution in [-0.4, -0.2) is 71.9 Å². The minimum atomic E-state index is -2.84. The van der Waals surface area contributed by atoms with Crippen LogP contribution >= 0.6 is 0 Å². The van der Waals surface area contributed by atoms with Crippen LogP contribution in [0.15, 0.2) is 0 Å². The number of hydrogen-bond acceptors (Lipinski definition) is 6. The molecule has 0 heterocycles. The summed E-state index contributed by atoms with van der Waals surface area (Å²) in [4.78, 5) is 8.31. The monoisotopic (exact) mass is 254 g/mol. The van der Waals surface area contributed by atoms with E-state index in [-0.39, 0.29) is 19.8 Å². The van der Waals surface area contributed by atoms with E-state index in [1.54, 1.807) is 0 Å². The zero-order valence-electron chi connectivity index (χ0n) is 9.09. The third-order valence-corrected chi connectivity index (χ3v) is 1.88. The van der Waals surface area contributed by atoms with Crippen molar-refractivity contribution in [3.8, 4) is 0 Å². The van der Waals surface area contributed by atoms with Crippen molar-refractivity contribution in [3.63, 3.8) is 0 Å². The molecule has 7 nitrogen and oxygen atoms in total. The van der Waals surface area contributed by atoms with Gasteiger partial charge in [0.05, 0.1) is 52.9 Å². The van der Waals surface area contributed by atoms with Crippen molar-refractivity contribution in [1.82, 2.24) is 0 Å². The fourth-order valence-electron chi connectivity index (χ4n) is 0.794. The molecule has 16 heavy (non-hydrogen) atoms. The first-order valence-electron chi connectivity index (χ1n) is 4.97. The average molecular weight is 254 g/mol. The number of aliphatic hydroxyl groups is 1. The van der Waals surface area contributed by atoms with Crippen molar-refractivity contribution >= 4 is 9.17 Å². The Hall–Kier alpha value is -0.543. The Balaban J connectivity index is 2.90. The SMILES string of the molecule is O=[Si](O)OCCOCCOCCOCCO. The summed E-state index contributed by atoms with van der Waals surface area (Å²) >= 11 is 0. The van der Waals surface area contributed by atoms with Crippen LogP contribution in [-0.2, 0) is 23.1 Å². The molecule has 0 fully saturated rings. The second-order valence-corrected chi connectivity index (χ2v) is 3.50. The molecule has 0 aliphatic heterocycles. The quantitative estimate of drug-likeness (QED) is 0.322. The lowest BCUT2D eigenvalue weighted by Crippen LogP contribution is -2.14. The van der Waals surface area contributed by atoms with E-state index in [0.717, 1.165) is 0 Å². The van der Waals surface area contributed by atoms with E-state index in [2.05, 4.69) is 4.43 Å². The first kappa shape index (κ1) is 15.5. The van der Waals surface area contributed by atoms with Gasteiger partial charge in [-0.05, 0) is 0 Å². The fraction of sp³-hybridized carbons (Fsp3) is 1.00. The van der Waals surface area contributed by atoms with Gasteiger partial charge >= 0.3 is 9.17 Å². The Morgan fingerprint density at radius 2 is 1.25 bits per heavy atom. The molecule has 0 spiro atoms. The summed E-state index contributed by atoms with van der Waals surface area (Å²) in [5, 5.41) is 8.39. The van der Waals surface area contributed by atoms with E-state index in [1.807, 2.05) is 0 Å². The molecule has 0 aromatic rings. The number of rotatable bonds is 12. The average Bonchev–Trinajstić information content (AvgIpc) is 2.25. The minimum absolute atomic E-state index is 0.0110. The summed E-state index contributed by atoms with van der Waals surface area (Å²) in [6, 6.07) is 0.